The third kappa shape index (κ3) is 1.37. The van der Waals surface area contributed by atoms with E-state index in [9.17, 15) is 4.91 Å². The van der Waals surface area contributed by atoms with Crippen LogP contribution in [0.25, 0.3) is 0 Å². The van der Waals surface area contributed by atoms with Gasteiger partial charge in [0.2, 0.25) is 0 Å². The number of hydrogen-bond donors (Lipinski definition) is 2. The lowest BCUT2D eigenvalue weighted by molar-refractivity contribution is 0.404. The molecule has 1 rings (SSSR count). The number of nitroso groups, excluding NO2 is 1. The van der Waals surface area contributed by atoms with Crippen molar-refractivity contribution < 1.29 is 10.2 Å². The number of phenolic OH excluding ortho intramolecular Hbond substituents is 2. The Morgan fingerprint density at radius 1 is 1.42 bits per heavy atom. The highest BCUT2D eigenvalue weighted by atomic mass is 16.3. The summed E-state index contributed by atoms with van der Waals surface area (Å²) in [4.78, 5) is 10.1. The summed E-state index contributed by atoms with van der Waals surface area (Å²) in [7, 11) is 0. The number of hydrogen-bond acceptors (Lipinski definition) is 4. The van der Waals surface area contributed by atoms with Crippen molar-refractivity contribution >= 4 is 5.69 Å². The number of phenols is 2. The Morgan fingerprint density at radius 2 is 2.08 bits per heavy atom. The molecule has 0 bridgehead atoms. The van der Waals surface area contributed by atoms with Crippen LogP contribution in [0, 0.1) is 4.91 Å². The van der Waals surface area contributed by atoms with Crippen LogP contribution in [0.3, 0.4) is 0 Å². The van der Waals surface area contributed by atoms with Crippen LogP contribution in [0.2, 0.25) is 0 Å². The van der Waals surface area contributed by atoms with Gasteiger partial charge in [0, 0.05) is 0 Å². The molecule has 4 nitrogen and oxygen atoms in total. The molecule has 0 spiro atoms. The van der Waals surface area contributed by atoms with E-state index in [1.807, 2.05) is 6.92 Å². The first-order valence-corrected chi connectivity index (χ1v) is 3.57. The third-order valence-electron chi connectivity index (χ3n) is 1.64. The lowest BCUT2D eigenvalue weighted by Crippen LogP contribution is -1.79. The van der Waals surface area contributed by atoms with Crippen LogP contribution in [0.1, 0.15) is 12.5 Å². The Bertz CT molecular complexity index is 309. The first kappa shape index (κ1) is 8.52. The molecule has 1 aromatic carbocycles. The van der Waals surface area contributed by atoms with Crippen molar-refractivity contribution in [2.45, 2.75) is 13.3 Å². The highest BCUT2D eigenvalue weighted by Crippen LogP contribution is 2.36. The van der Waals surface area contributed by atoms with Gasteiger partial charge in [-0.25, -0.2) is 0 Å². The largest absolute Gasteiger partial charge is 0.504 e. The van der Waals surface area contributed by atoms with Crippen molar-refractivity contribution in [2.24, 2.45) is 5.18 Å². The molecule has 0 saturated carbocycles. The number of rotatable bonds is 2. The molecule has 12 heavy (non-hydrogen) atoms. The number of benzene rings is 1. The van der Waals surface area contributed by atoms with Gasteiger partial charge in [-0.05, 0) is 29.3 Å². The lowest BCUT2D eigenvalue weighted by atomic mass is 10.1. The summed E-state index contributed by atoms with van der Waals surface area (Å²) in [5.74, 6) is -0.758. The average molecular weight is 167 g/mol. The maximum Gasteiger partial charge on any atom is 0.187 e. The maximum absolute atomic E-state index is 10.1. The van der Waals surface area contributed by atoms with Gasteiger partial charge in [0.25, 0.3) is 0 Å². The summed E-state index contributed by atoms with van der Waals surface area (Å²) < 4.78 is 0. The number of aryl methyl sites for hydroxylation is 1. The summed E-state index contributed by atoms with van der Waals surface area (Å²) in [5.41, 5.74) is 0.645. The minimum Gasteiger partial charge on any atom is -0.504 e. The average Bonchev–Trinajstić information content (AvgIpc) is 2.09. The SMILES string of the molecule is CCc1cc(O)c(O)c(N=O)c1. The standard InChI is InChI=1S/C8H9NO3/c1-2-5-3-6(9-12)8(11)7(10)4-5/h3-4,10-11H,2H2,1H3. The van der Waals surface area contributed by atoms with E-state index in [1.54, 1.807) is 0 Å². The van der Waals surface area contributed by atoms with E-state index in [-0.39, 0.29) is 11.4 Å². The summed E-state index contributed by atoms with van der Waals surface area (Å²) in [5, 5.41) is 20.7. The second-order valence-corrected chi connectivity index (χ2v) is 2.43. The highest BCUT2D eigenvalue weighted by Gasteiger charge is 2.08. The van der Waals surface area contributed by atoms with Gasteiger partial charge in [-0.2, -0.15) is 0 Å². The Morgan fingerprint density at radius 3 is 2.58 bits per heavy atom. The molecular formula is C8H9NO3. The fraction of sp³-hybridized carbons (Fsp3) is 0.250. The van der Waals surface area contributed by atoms with Crippen molar-refractivity contribution in [2.75, 3.05) is 0 Å². The summed E-state index contributed by atoms with van der Waals surface area (Å²) in [6.45, 7) is 1.88. The van der Waals surface area contributed by atoms with E-state index in [0.29, 0.717) is 6.42 Å². The molecule has 0 radical (unpaired) electrons. The van der Waals surface area contributed by atoms with Gasteiger partial charge in [-0.15, -0.1) is 4.91 Å². The topological polar surface area (TPSA) is 69.9 Å². The Kier molecular flexibility index (Phi) is 2.28. The highest BCUT2D eigenvalue weighted by molar-refractivity contribution is 5.60. The summed E-state index contributed by atoms with van der Waals surface area (Å²) in [6.07, 6.45) is 0.677. The van der Waals surface area contributed by atoms with Crippen molar-refractivity contribution in [3.8, 4) is 11.5 Å². The van der Waals surface area contributed by atoms with Gasteiger partial charge < -0.3 is 10.2 Å². The van der Waals surface area contributed by atoms with Crippen LogP contribution in [-0.2, 0) is 6.42 Å². The molecule has 1 aromatic rings. The van der Waals surface area contributed by atoms with Crippen LogP contribution in [-0.4, -0.2) is 10.2 Å². The zero-order valence-electron chi connectivity index (χ0n) is 6.61. The normalized spacial score (nSPS) is 9.75. The van der Waals surface area contributed by atoms with Crippen LogP contribution in [0.5, 0.6) is 11.5 Å². The minimum absolute atomic E-state index is 0.119. The Balaban J connectivity index is 3.28. The molecule has 0 atom stereocenters. The first-order chi connectivity index (χ1) is 5.69. The molecule has 0 aromatic heterocycles. The van der Waals surface area contributed by atoms with Gasteiger partial charge in [0.1, 0.15) is 0 Å². The molecule has 0 amide bonds. The van der Waals surface area contributed by atoms with E-state index in [0.717, 1.165) is 5.56 Å². The number of aromatic hydroxyl groups is 2. The van der Waals surface area contributed by atoms with Crippen LogP contribution in [0.4, 0.5) is 5.69 Å². The van der Waals surface area contributed by atoms with Gasteiger partial charge in [0.15, 0.2) is 17.2 Å². The minimum atomic E-state index is -0.456. The monoisotopic (exact) mass is 167 g/mol. The van der Waals surface area contributed by atoms with Gasteiger partial charge in [0.05, 0.1) is 0 Å². The molecule has 0 heterocycles. The molecule has 0 aliphatic heterocycles. The number of nitrogens with zero attached hydrogens (tertiary/aromatic N) is 1. The van der Waals surface area contributed by atoms with Crippen molar-refractivity contribution in [3.05, 3.63) is 22.6 Å². The predicted octanol–water partition coefficient (Wildman–Crippen LogP) is 2.06. The van der Waals surface area contributed by atoms with Gasteiger partial charge in [-0.1, -0.05) is 6.92 Å². The fourth-order valence-electron chi connectivity index (χ4n) is 0.935. The second-order valence-electron chi connectivity index (χ2n) is 2.43. The third-order valence-corrected chi connectivity index (χ3v) is 1.64. The van der Waals surface area contributed by atoms with Crippen LogP contribution < -0.4 is 0 Å². The van der Waals surface area contributed by atoms with Crippen LogP contribution >= 0.6 is 0 Å². The fourth-order valence-corrected chi connectivity index (χ4v) is 0.935. The van der Waals surface area contributed by atoms with Crippen molar-refractivity contribution in [1.82, 2.24) is 0 Å². The predicted molar refractivity (Wildman–Crippen MR) is 44.6 cm³/mol. The summed E-state index contributed by atoms with van der Waals surface area (Å²) in [6, 6.07) is 2.85. The van der Waals surface area contributed by atoms with Crippen molar-refractivity contribution in [1.29, 1.82) is 0 Å². The second kappa shape index (κ2) is 3.21. The Labute approximate surface area is 69.4 Å². The molecular weight excluding hydrogens is 158 g/mol. The van der Waals surface area contributed by atoms with E-state index < -0.39 is 5.75 Å². The lowest BCUT2D eigenvalue weighted by Gasteiger charge is -2.02. The Hall–Kier alpha value is -1.58. The molecule has 0 unspecified atom stereocenters. The molecule has 2 N–H and O–H groups in total. The zero-order valence-corrected chi connectivity index (χ0v) is 6.61. The molecule has 64 valence electrons. The smallest absolute Gasteiger partial charge is 0.187 e. The molecule has 0 fully saturated rings. The maximum atomic E-state index is 10.1. The van der Waals surface area contributed by atoms with E-state index in [1.165, 1.54) is 12.1 Å². The van der Waals surface area contributed by atoms with Gasteiger partial charge in [-0.3, -0.25) is 0 Å². The molecule has 0 aliphatic rings. The van der Waals surface area contributed by atoms with E-state index in [4.69, 9.17) is 10.2 Å². The quantitative estimate of drug-likeness (QED) is 0.523. The van der Waals surface area contributed by atoms with Crippen molar-refractivity contribution in [3.63, 3.8) is 0 Å². The van der Waals surface area contributed by atoms with Crippen LogP contribution in [0.15, 0.2) is 17.3 Å². The molecule has 0 aliphatic carbocycles. The zero-order chi connectivity index (χ0) is 9.14. The van der Waals surface area contributed by atoms with E-state index in [2.05, 4.69) is 5.18 Å². The summed E-state index contributed by atoms with van der Waals surface area (Å²) >= 11 is 0. The van der Waals surface area contributed by atoms with Gasteiger partial charge >= 0.3 is 0 Å². The molecule has 4 heteroatoms. The van der Waals surface area contributed by atoms with E-state index >= 15 is 0 Å². The molecule has 0 saturated heterocycles. The first-order valence-electron chi connectivity index (χ1n) is 3.57.